The standard InChI is InChI=1S/C22H13ClN4O2/c23-15-7-9-16(10-8-15)27-13-19(17-5-1-2-6-18(17)22(27)28)21-25-20(26-29-21)14-4-3-11-24-12-14/h1-13H. The summed E-state index contributed by atoms with van der Waals surface area (Å²) < 4.78 is 7.10. The first-order valence-corrected chi connectivity index (χ1v) is 9.23. The number of nitrogens with zero attached hydrogens (tertiary/aromatic N) is 4. The minimum absolute atomic E-state index is 0.140. The van der Waals surface area contributed by atoms with E-state index in [1.807, 2.05) is 30.3 Å². The highest BCUT2D eigenvalue weighted by Crippen LogP contribution is 2.28. The zero-order chi connectivity index (χ0) is 19.8. The van der Waals surface area contributed by atoms with Gasteiger partial charge in [0.1, 0.15) is 0 Å². The minimum atomic E-state index is -0.140. The number of halogens is 1. The van der Waals surface area contributed by atoms with Crippen molar-refractivity contribution < 1.29 is 4.52 Å². The molecule has 0 radical (unpaired) electrons. The van der Waals surface area contributed by atoms with Crippen LogP contribution >= 0.6 is 11.6 Å². The van der Waals surface area contributed by atoms with E-state index < -0.39 is 0 Å². The van der Waals surface area contributed by atoms with Crippen molar-refractivity contribution in [2.24, 2.45) is 0 Å². The van der Waals surface area contributed by atoms with E-state index >= 15 is 0 Å². The SMILES string of the molecule is O=c1c2ccccc2c(-c2nc(-c3cccnc3)no2)cn1-c1ccc(Cl)cc1. The molecule has 0 saturated carbocycles. The van der Waals surface area contributed by atoms with Gasteiger partial charge in [0.15, 0.2) is 0 Å². The summed E-state index contributed by atoms with van der Waals surface area (Å²) in [7, 11) is 0. The highest BCUT2D eigenvalue weighted by Gasteiger charge is 2.17. The lowest BCUT2D eigenvalue weighted by atomic mass is 10.1. The molecular weight excluding hydrogens is 388 g/mol. The van der Waals surface area contributed by atoms with Gasteiger partial charge in [-0.2, -0.15) is 4.98 Å². The first kappa shape index (κ1) is 17.3. The molecule has 5 aromatic rings. The molecule has 6 nitrogen and oxygen atoms in total. The second-order valence-corrected chi connectivity index (χ2v) is 6.84. The van der Waals surface area contributed by atoms with E-state index in [1.54, 1.807) is 53.5 Å². The monoisotopic (exact) mass is 400 g/mol. The highest BCUT2D eigenvalue weighted by atomic mass is 35.5. The van der Waals surface area contributed by atoms with Crippen LogP contribution in [0.15, 0.2) is 88.6 Å². The fraction of sp³-hybridized carbons (Fsp3) is 0. The van der Waals surface area contributed by atoms with Crippen LogP contribution in [-0.2, 0) is 0 Å². The van der Waals surface area contributed by atoms with Crippen molar-refractivity contribution in [2.75, 3.05) is 0 Å². The molecule has 0 bridgehead atoms. The van der Waals surface area contributed by atoms with Crippen molar-refractivity contribution >= 4 is 22.4 Å². The summed E-state index contributed by atoms with van der Waals surface area (Å²) in [6.07, 6.45) is 5.07. The van der Waals surface area contributed by atoms with Gasteiger partial charge in [-0.3, -0.25) is 14.3 Å². The van der Waals surface area contributed by atoms with E-state index in [4.69, 9.17) is 16.1 Å². The van der Waals surface area contributed by atoms with Gasteiger partial charge in [0.05, 0.1) is 5.56 Å². The van der Waals surface area contributed by atoms with Crippen LogP contribution in [0.25, 0.3) is 39.3 Å². The van der Waals surface area contributed by atoms with Crippen LogP contribution in [0.5, 0.6) is 0 Å². The number of fused-ring (bicyclic) bond motifs is 1. The second-order valence-electron chi connectivity index (χ2n) is 6.40. The summed E-state index contributed by atoms with van der Waals surface area (Å²) in [6.45, 7) is 0. The Hall–Kier alpha value is -3.77. The van der Waals surface area contributed by atoms with Crippen LogP contribution < -0.4 is 5.56 Å². The van der Waals surface area contributed by atoms with Gasteiger partial charge in [0.2, 0.25) is 5.82 Å². The van der Waals surface area contributed by atoms with Crippen molar-refractivity contribution in [2.45, 2.75) is 0 Å². The number of rotatable bonds is 3. The van der Waals surface area contributed by atoms with Crippen LogP contribution in [0.3, 0.4) is 0 Å². The van der Waals surface area contributed by atoms with Gasteiger partial charge < -0.3 is 4.52 Å². The molecule has 0 aliphatic carbocycles. The molecule has 7 heteroatoms. The fourth-order valence-corrected chi connectivity index (χ4v) is 3.33. The van der Waals surface area contributed by atoms with Gasteiger partial charge in [-0.25, -0.2) is 0 Å². The summed E-state index contributed by atoms with van der Waals surface area (Å²) in [5.41, 5.74) is 1.97. The lowest BCUT2D eigenvalue weighted by Gasteiger charge is -2.10. The van der Waals surface area contributed by atoms with Gasteiger partial charge in [-0.05, 0) is 42.5 Å². The first-order valence-electron chi connectivity index (χ1n) is 8.85. The van der Waals surface area contributed by atoms with E-state index in [-0.39, 0.29) is 5.56 Å². The largest absolute Gasteiger partial charge is 0.334 e. The zero-order valence-corrected chi connectivity index (χ0v) is 15.7. The third-order valence-corrected chi connectivity index (χ3v) is 4.86. The van der Waals surface area contributed by atoms with E-state index in [9.17, 15) is 4.79 Å². The maximum atomic E-state index is 13.1. The molecule has 0 atom stereocenters. The van der Waals surface area contributed by atoms with E-state index in [0.717, 1.165) is 10.9 Å². The van der Waals surface area contributed by atoms with E-state index in [0.29, 0.717) is 33.4 Å². The Labute approximate surface area is 170 Å². The Balaban J connectivity index is 1.74. The molecule has 0 aliphatic heterocycles. The average molecular weight is 401 g/mol. The van der Waals surface area contributed by atoms with Gasteiger partial charge in [0.25, 0.3) is 11.4 Å². The number of hydrogen-bond acceptors (Lipinski definition) is 5. The number of pyridine rings is 2. The van der Waals surface area contributed by atoms with Gasteiger partial charge in [-0.15, -0.1) is 0 Å². The Kier molecular flexibility index (Phi) is 4.18. The summed E-state index contributed by atoms with van der Waals surface area (Å²) in [6, 6.07) is 18.1. The average Bonchev–Trinajstić information content (AvgIpc) is 3.26. The summed E-state index contributed by atoms with van der Waals surface area (Å²) >= 11 is 6.00. The minimum Gasteiger partial charge on any atom is -0.334 e. The summed E-state index contributed by atoms with van der Waals surface area (Å²) in [5, 5.41) is 5.97. The van der Waals surface area contributed by atoms with Crippen LogP contribution in [0.4, 0.5) is 0 Å². The third-order valence-electron chi connectivity index (χ3n) is 4.61. The molecule has 5 rings (SSSR count). The van der Waals surface area contributed by atoms with Crippen LogP contribution in [0.2, 0.25) is 5.02 Å². The smallest absolute Gasteiger partial charge is 0.262 e. The maximum absolute atomic E-state index is 13.1. The van der Waals surface area contributed by atoms with Crippen LogP contribution in [0, 0.1) is 0 Å². The molecule has 3 heterocycles. The van der Waals surface area contributed by atoms with Crippen LogP contribution in [-0.4, -0.2) is 19.7 Å². The summed E-state index contributed by atoms with van der Waals surface area (Å²) in [5.74, 6) is 0.754. The molecule has 0 aliphatic rings. The van der Waals surface area contributed by atoms with Crippen molar-refractivity contribution in [3.8, 4) is 28.5 Å². The van der Waals surface area contributed by atoms with Crippen molar-refractivity contribution in [3.05, 3.63) is 94.6 Å². The predicted octanol–water partition coefficient (Wildman–Crippen LogP) is 4.76. The molecule has 0 saturated heterocycles. The molecular formula is C22H13ClN4O2. The molecule has 0 amide bonds. The molecule has 3 aromatic heterocycles. The van der Waals surface area contributed by atoms with E-state index in [2.05, 4.69) is 15.1 Å². The molecule has 29 heavy (non-hydrogen) atoms. The van der Waals surface area contributed by atoms with Gasteiger partial charge in [0, 0.05) is 45.6 Å². The molecule has 2 aromatic carbocycles. The normalized spacial score (nSPS) is 11.1. The number of hydrogen-bond donors (Lipinski definition) is 0. The fourth-order valence-electron chi connectivity index (χ4n) is 3.20. The van der Waals surface area contributed by atoms with Gasteiger partial charge in [-0.1, -0.05) is 35.0 Å². The third kappa shape index (κ3) is 3.09. The quantitative estimate of drug-likeness (QED) is 0.436. The first-order chi connectivity index (χ1) is 14.2. The van der Waals surface area contributed by atoms with Gasteiger partial charge >= 0.3 is 0 Å². The Morgan fingerprint density at radius 1 is 0.931 bits per heavy atom. The number of aromatic nitrogens is 4. The lowest BCUT2D eigenvalue weighted by Crippen LogP contribution is -2.18. The Morgan fingerprint density at radius 3 is 2.48 bits per heavy atom. The maximum Gasteiger partial charge on any atom is 0.262 e. The summed E-state index contributed by atoms with van der Waals surface area (Å²) in [4.78, 5) is 21.7. The predicted molar refractivity (Wildman–Crippen MR) is 111 cm³/mol. The number of benzene rings is 2. The lowest BCUT2D eigenvalue weighted by molar-refractivity contribution is 0.432. The Morgan fingerprint density at radius 2 is 1.72 bits per heavy atom. The Bertz CT molecular complexity index is 1380. The van der Waals surface area contributed by atoms with Crippen molar-refractivity contribution in [1.82, 2.24) is 19.7 Å². The molecule has 0 spiro atoms. The van der Waals surface area contributed by atoms with Crippen molar-refractivity contribution in [1.29, 1.82) is 0 Å². The highest BCUT2D eigenvalue weighted by molar-refractivity contribution is 6.30. The molecule has 0 N–H and O–H groups in total. The van der Waals surface area contributed by atoms with E-state index in [1.165, 1.54) is 0 Å². The van der Waals surface area contributed by atoms with Crippen molar-refractivity contribution in [3.63, 3.8) is 0 Å². The molecule has 140 valence electrons. The second kappa shape index (κ2) is 7.00. The van der Waals surface area contributed by atoms with Crippen LogP contribution in [0.1, 0.15) is 0 Å². The molecule has 0 fully saturated rings. The molecule has 0 unspecified atom stereocenters. The zero-order valence-electron chi connectivity index (χ0n) is 15.0. The topological polar surface area (TPSA) is 73.8 Å².